The fourth-order valence-corrected chi connectivity index (χ4v) is 2.63. The molecule has 0 aromatic rings. The van der Waals surface area contributed by atoms with Gasteiger partial charge in [0.1, 0.15) is 5.70 Å². The molecule has 0 aliphatic carbocycles. The summed E-state index contributed by atoms with van der Waals surface area (Å²) in [5.41, 5.74) is 1.06. The summed E-state index contributed by atoms with van der Waals surface area (Å²) in [6.07, 6.45) is 0. The van der Waals surface area contributed by atoms with Crippen LogP contribution in [-0.2, 0) is 38.1 Å². The minimum absolute atomic E-state index is 0.0373. The van der Waals surface area contributed by atoms with Crippen molar-refractivity contribution in [2.45, 2.75) is 20.8 Å². The van der Waals surface area contributed by atoms with Crippen LogP contribution in [0, 0.1) is 0 Å². The van der Waals surface area contributed by atoms with Crippen molar-refractivity contribution in [3.8, 4) is 0 Å². The van der Waals surface area contributed by atoms with Crippen molar-refractivity contribution in [1.82, 2.24) is 20.9 Å². The van der Waals surface area contributed by atoms with E-state index in [1.54, 1.807) is 20.8 Å². The van der Waals surface area contributed by atoms with Crippen LogP contribution in [0.3, 0.4) is 0 Å². The van der Waals surface area contributed by atoms with Gasteiger partial charge in [0.25, 0.3) is 11.8 Å². The zero-order valence-electron chi connectivity index (χ0n) is 23.5. The average Bonchev–Trinajstić information content (AvgIpc) is 2.89. The van der Waals surface area contributed by atoms with Crippen LogP contribution in [-0.4, -0.2) is 108 Å². The lowest BCUT2D eigenvalue weighted by Gasteiger charge is -2.24. The largest absolute Gasteiger partial charge is 0.378 e. The average molecular weight is 553 g/mol. The van der Waals surface area contributed by atoms with Crippen molar-refractivity contribution in [2.75, 3.05) is 79.0 Å². The first-order valence-electron chi connectivity index (χ1n) is 12.6. The molecule has 0 spiro atoms. The molecule has 0 atom stereocenters. The third-order valence-electron chi connectivity index (χ3n) is 4.77. The van der Waals surface area contributed by atoms with Gasteiger partial charge in [0.2, 0.25) is 11.8 Å². The second-order valence-corrected chi connectivity index (χ2v) is 8.46. The molecule has 0 fully saturated rings. The fourth-order valence-electron chi connectivity index (χ4n) is 2.63. The zero-order valence-corrected chi connectivity index (χ0v) is 23.5. The third-order valence-corrected chi connectivity index (χ3v) is 4.77. The van der Waals surface area contributed by atoms with Crippen molar-refractivity contribution in [1.29, 1.82) is 0 Å². The Balaban J connectivity index is 4.06. The number of carbonyl (C=O) groups is 4. The fraction of sp³-hybridized carbons (Fsp3) is 0.556. The van der Waals surface area contributed by atoms with Gasteiger partial charge in [-0.25, -0.2) is 0 Å². The second kappa shape index (κ2) is 21.6. The van der Waals surface area contributed by atoms with Crippen LogP contribution in [0.4, 0.5) is 0 Å². The molecule has 0 aliphatic heterocycles. The second-order valence-electron chi connectivity index (χ2n) is 8.46. The van der Waals surface area contributed by atoms with Crippen LogP contribution < -0.4 is 16.0 Å². The molecule has 0 bridgehead atoms. The summed E-state index contributed by atoms with van der Waals surface area (Å²) < 4.78 is 21.6. The van der Waals surface area contributed by atoms with E-state index < -0.39 is 11.8 Å². The van der Waals surface area contributed by atoms with Crippen LogP contribution in [0.2, 0.25) is 0 Å². The molecular weight excluding hydrogens is 508 g/mol. The summed E-state index contributed by atoms with van der Waals surface area (Å²) in [6.45, 7) is 22.7. The Morgan fingerprint density at radius 2 is 0.897 bits per heavy atom. The molecule has 0 aromatic carbocycles. The number of ether oxygens (including phenoxy) is 4. The maximum Gasteiger partial charge on any atom is 0.267 e. The van der Waals surface area contributed by atoms with Crippen molar-refractivity contribution >= 4 is 23.6 Å². The Hall–Kier alpha value is -3.32. The number of amides is 4. The van der Waals surface area contributed by atoms with Gasteiger partial charge < -0.3 is 39.8 Å². The van der Waals surface area contributed by atoms with E-state index >= 15 is 0 Å². The van der Waals surface area contributed by atoms with Gasteiger partial charge in [0, 0.05) is 42.9 Å². The highest BCUT2D eigenvalue weighted by molar-refractivity contribution is 6.01. The van der Waals surface area contributed by atoms with E-state index in [1.165, 1.54) is 4.90 Å². The summed E-state index contributed by atoms with van der Waals surface area (Å²) in [5.74, 6) is -1.42. The van der Waals surface area contributed by atoms with Gasteiger partial charge >= 0.3 is 0 Å². The van der Waals surface area contributed by atoms with E-state index in [-0.39, 0.29) is 62.5 Å². The molecule has 12 heteroatoms. The quantitative estimate of drug-likeness (QED) is 0.123. The highest BCUT2D eigenvalue weighted by Crippen LogP contribution is 2.07. The predicted octanol–water partition coefficient (Wildman–Crippen LogP) is 0.472. The van der Waals surface area contributed by atoms with Gasteiger partial charge in [-0.15, -0.1) is 0 Å². The molecule has 0 heterocycles. The molecule has 220 valence electrons. The lowest BCUT2D eigenvalue weighted by molar-refractivity contribution is -0.130. The first kappa shape index (κ1) is 35.7. The van der Waals surface area contributed by atoms with Gasteiger partial charge in [0.05, 0.1) is 52.9 Å². The number of nitrogens with zero attached hydrogens (tertiary/aromatic N) is 1. The first-order chi connectivity index (χ1) is 18.5. The number of carbonyl (C=O) groups excluding carboxylic acids is 4. The molecule has 0 rings (SSSR count). The standard InChI is InChI=1S/C27H44N4O8/c1-20(2)24(32)28-8-12-36-15-11-31(27(35)22(5)6)23(7)26(34)30-10-14-38-17-19-39-18-16-37-13-9-29-25(33)21(3)4/h1,3,5,7-19H2,2,4,6H3,(H,28,32)(H,29,33)(H,30,34). The molecule has 4 amide bonds. The number of hydrogen-bond acceptors (Lipinski definition) is 8. The lowest BCUT2D eigenvalue weighted by Crippen LogP contribution is -2.41. The molecule has 3 N–H and O–H groups in total. The summed E-state index contributed by atoms with van der Waals surface area (Å²) in [6, 6.07) is 0. The van der Waals surface area contributed by atoms with Crippen LogP contribution in [0.1, 0.15) is 20.8 Å². The van der Waals surface area contributed by atoms with E-state index in [4.69, 9.17) is 18.9 Å². The van der Waals surface area contributed by atoms with E-state index in [2.05, 4.69) is 42.3 Å². The summed E-state index contributed by atoms with van der Waals surface area (Å²) in [7, 11) is 0. The molecule has 0 aliphatic rings. The Morgan fingerprint density at radius 3 is 1.28 bits per heavy atom. The first-order valence-corrected chi connectivity index (χ1v) is 12.6. The molecular formula is C27H44N4O8. The van der Waals surface area contributed by atoms with E-state index in [0.29, 0.717) is 50.7 Å². The van der Waals surface area contributed by atoms with Crippen molar-refractivity contribution in [3.05, 3.63) is 48.7 Å². The number of rotatable bonds is 23. The Bertz CT molecular complexity index is 872. The van der Waals surface area contributed by atoms with Crippen LogP contribution >= 0.6 is 0 Å². The highest BCUT2D eigenvalue weighted by Gasteiger charge is 2.22. The Labute approximate surface area is 231 Å². The topological polar surface area (TPSA) is 145 Å². The van der Waals surface area contributed by atoms with Crippen molar-refractivity contribution < 1.29 is 38.1 Å². The lowest BCUT2D eigenvalue weighted by atomic mass is 10.2. The molecule has 0 aromatic heterocycles. The maximum absolute atomic E-state index is 12.5. The molecule has 0 saturated carbocycles. The van der Waals surface area contributed by atoms with E-state index in [1.807, 2.05) is 0 Å². The molecule has 0 radical (unpaired) electrons. The van der Waals surface area contributed by atoms with Gasteiger partial charge in [-0.2, -0.15) is 0 Å². The van der Waals surface area contributed by atoms with Gasteiger partial charge in [-0.05, 0) is 20.8 Å². The zero-order chi connectivity index (χ0) is 29.6. The van der Waals surface area contributed by atoms with E-state index in [0.717, 1.165) is 0 Å². The maximum atomic E-state index is 12.5. The normalized spacial score (nSPS) is 10.3. The Morgan fingerprint density at radius 1 is 0.538 bits per heavy atom. The minimum Gasteiger partial charge on any atom is -0.378 e. The predicted molar refractivity (Wildman–Crippen MR) is 148 cm³/mol. The number of hydrogen-bond donors (Lipinski definition) is 3. The van der Waals surface area contributed by atoms with Gasteiger partial charge in [0.15, 0.2) is 0 Å². The monoisotopic (exact) mass is 552 g/mol. The van der Waals surface area contributed by atoms with Gasteiger partial charge in [-0.1, -0.05) is 26.3 Å². The molecule has 39 heavy (non-hydrogen) atoms. The van der Waals surface area contributed by atoms with Crippen molar-refractivity contribution in [3.63, 3.8) is 0 Å². The Kier molecular flexibility index (Phi) is 19.8. The molecule has 0 unspecified atom stereocenters. The number of nitrogens with one attached hydrogen (secondary N) is 3. The minimum atomic E-state index is -0.519. The van der Waals surface area contributed by atoms with Crippen LogP contribution in [0.15, 0.2) is 48.7 Å². The summed E-state index contributed by atoms with van der Waals surface area (Å²) in [4.78, 5) is 48.9. The van der Waals surface area contributed by atoms with E-state index in [9.17, 15) is 19.2 Å². The van der Waals surface area contributed by atoms with Gasteiger partial charge in [-0.3, -0.25) is 19.2 Å². The SMILES string of the molecule is C=C(C)C(=O)NCCOCCOCCOCCNC(=O)C(=C)N(CCOCCNC(=O)C(=C)C)C(=O)C(=C)C. The third kappa shape index (κ3) is 17.7. The van der Waals surface area contributed by atoms with Crippen LogP contribution in [0.5, 0.6) is 0 Å². The molecule has 0 saturated heterocycles. The van der Waals surface area contributed by atoms with Crippen molar-refractivity contribution in [2.24, 2.45) is 0 Å². The van der Waals surface area contributed by atoms with Crippen LogP contribution in [0.25, 0.3) is 0 Å². The summed E-state index contributed by atoms with van der Waals surface area (Å²) >= 11 is 0. The smallest absolute Gasteiger partial charge is 0.267 e. The summed E-state index contributed by atoms with van der Waals surface area (Å²) in [5, 5.41) is 7.96. The highest BCUT2D eigenvalue weighted by atomic mass is 16.5. The molecule has 12 nitrogen and oxygen atoms in total.